The van der Waals surface area contributed by atoms with E-state index in [2.05, 4.69) is 47.5 Å². The minimum Gasteiger partial charge on any atom is -0.370 e. The number of carbonyl (C=O) groups excluding carboxylic acids is 11. The molecule has 2 saturated heterocycles. The second-order valence-electron chi connectivity index (χ2n) is 20.6. The third-order valence-electron chi connectivity index (χ3n) is 13.0. The molecule has 0 aromatic heterocycles. The molecule has 76 heavy (non-hydrogen) atoms. The molecule has 2 rings (SSSR count). The highest BCUT2D eigenvalue weighted by Crippen LogP contribution is 2.21. The van der Waals surface area contributed by atoms with E-state index in [0.29, 0.717) is 70.8 Å². The van der Waals surface area contributed by atoms with Crippen LogP contribution in [0.4, 0.5) is 0 Å². The van der Waals surface area contributed by atoms with Gasteiger partial charge in [0.05, 0.1) is 6.54 Å². The standard InChI is InChI=1S/C50H89N15O11/c1-9-10-16-33(44(71)56-27-40(67)64-23-14-19-38(64)47(74)62-36(41(52)68)25-28(2)3)60-43(70)31(7)57-42(69)30(6)58-46(73)37(26-29(4)5)63-45(72)34(17-11-12-21-51)61-48(75)39-20-15-24-65(39)49(76)35(59-32(8)66)18-13-22-55-50(53)54/h28-31,33-39H,9-27,51H2,1-8H3,(H2,52,68)(H,56,71)(H,57,69)(H,58,73)(H,59,66)(H,60,70)(H,61,75)(H,62,74)(H,63,72)(H4,53,54,55)/t30-,31-,33-,34-,35-,36-,37-,38-,39-/m0/s1. The van der Waals surface area contributed by atoms with Crippen LogP contribution in [-0.4, -0.2) is 168 Å². The van der Waals surface area contributed by atoms with Crippen molar-refractivity contribution in [3.8, 4) is 0 Å². The van der Waals surface area contributed by atoms with Gasteiger partial charge in [-0.05, 0) is 109 Å². The van der Waals surface area contributed by atoms with Crippen molar-refractivity contribution in [2.45, 2.75) is 200 Å². The van der Waals surface area contributed by atoms with E-state index >= 15 is 0 Å². The van der Waals surface area contributed by atoms with Crippen LogP contribution in [0.2, 0.25) is 0 Å². The summed E-state index contributed by atoms with van der Waals surface area (Å²) in [6.45, 7) is 14.0. The number of nitrogens with two attached hydrogens (primary N) is 4. The zero-order chi connectivity index (χ0) is 57.2. The summed E-state index contributed by atoms with van der Waals surface area (Å²) < 4.78 is 0. The number of unbranched alkanes of at least 4 members (excludes halogenated alkanes) is 2. The van der Waals surface area contributed by atoms with E-state index in [9.17, 15) is 52.7 Å². The lowest BCUT2D eigenvalue weighted by atomic mass is 10.0. The molecule has 0 saturated carbocycles. The largest absolute Gasteiger partial charge is 0.370 e. The number of nitrogens with zero attached hydrogens (tertiary/aromatic N) is 3. The Bertz CT molecular complexity index is 2030. The fourth-order valence-electron chi connectivity index (χ4n) is 8.98. The van der Waals surface area contributed by atoms with Gasteiger partial charge in [-0.15, -0.1) is 0 Å². The molecule has 2 fully saturated rings. The molecule has 0 bridgehead atoms. The van der Waals surface area contributed by atoms with Crippen molar-refractivity contribution in [1.82, 2.24) is 52.3 Å². The van der Waals surface area contributed by atoms with Gasteiger partial charge in [-0.2, -0.15) is 0 Å². The average Bonchev–Trinajstić information content (AvgIpc) is 4.05. The number of hydrogen-bond acceptors (Lipinski definition) is 13. The molecule has 26 heteroatoms. The van der Waals surface area contributed by atoms with Gasteiger partial charge in [0.1, 0.15) is 54.4 Å². The van der Waals surface area contributed by atoms with Gasteiger partial charge in [0, 0.05) is 26.6 Å². The highest BCUT2D eigenvalue weighted by molar-refractivity contribution is 5.98. The van der Waals surface area contributed by atoms with Crippen LogP contribution in [0, 0.1) is 11.8 Å². The van der Waals surface area contributed by atoms with Gasteiger partial charge in [0.15, 0.2) is 5.96 Å². The van der Waals surface area contributed by atoms with Gasteiger partial charge < -0.3 is 75.3 Å². The van der Waals surface area contributed by atoms with Crippen molar-refractivity contribution in [1.29, 1.82) is 0 Å². The topological polar surface area (TPSA) is 407 Å². The van der Waals surface area contributed by atoms with Crippen LogP contribution in [0.25, 0.3) is 0 Å². The summed E-state index contributed by atoms with van der Waals surface area (Å²) >= 11 is 0. The van der Waals surface area contributed by atoms with E-state index in [1.54, 1.807) is 0 Å². The molecule has 16 N–H and O–H groups in total. The van der Waals surface area contributed by atoms with Crippen molar-refractivity contribution in [3.05, 3.63) is 0 Å². The molecule has 9 atom stereocenters. The number of aliphatic imine (C=N–C) groups is 1. The SMILES string of the molecule is CCCC[C@H](NC(=O)[C@H](C)NC(=O)[C@H](C)NC(=O)[C@H](CC(C)C)NC(=O)[C@H](CCCCN)NC(=O)[C@@H]1CCCN1C(=O)[C@H](CCCN=C(N)N)NC(C)=O)C(=O)NCC(=O)N1CCC[C@H]1C(=O)N[C@@H](CC(C)C)C(N)=O. The number of amides is 11. The first-order chi connectivity index (χ1) is 35.8. The Morgan fingerprint density at radius 3 is 1.59 bits per heavy atom. The predicted octanol–water partition coefficient (Wildman–Crippen LogP) is -2.51. The molecule has 0 aromatic carbocycles. The Balaban J connectivity index is 2.11. The Labute approximate surface area is 447 Å². The van der Waals surface area contributed by atoms with Gasteiger partial charge in [0.25, 0.3) is 0 Å². The second kappa shape index (κ2) is 33.4. The quantitative estimate of drug-likeness (QED) is 0.0184. The maximum Gasteiger partial charge on any atom is 0.245 e. The molecular weight excluding hydrogens is 987 g/mol. The highest BCUT2D eigenvalue weighted by atomic mass is 16.2. The highest BCUT2D eigenvalue weighted by Gasteiger charge is 2.40. The number of guanidine groups is 1. The lowest BCUT2D eigenvalue weighted by molar-refractivity contribution is -0.142. The first kappa shape index (κ1) is 65.5. The molecule has 0 radical (unpaired) electrons. The summed E-state index contributed by atoms with van der Waals surface area (Å²) in [5.74, 6) is -6.90. The van der Waals surface area contributed by atoms with E-state index in [0.717, 1.165) is 0 Å². The third-order valence-corrected chi connectivity index (χ3v) is 13.0. The Morgan fingerprint density at radius 1 is 0.553 bits per heavy atom. The summed E-state index contributed by atoms with van der Waals surface area (Å²) in [7, 11) is 0. The number of carbonyl (C=O) groups is 11. The zero-order valence-electron chi connectivity index (χ0n) is 45.9. The normalized spacial score (nSPS) is 17.9. The molecule has 11 amide bonds. The summed E-state index contributed by atoms with van der Waals surface area (Å²) in [5, 5.41) is 21.2. The summed E-state index contributed by atoms with van der Waals surface area (Å²) in [6, 6.07) is -9.46. The smallest absolute Gasteiger partial charge is 0.245 e. The van der Waals surface area contributed by atoms with Crippen molar-refractivity contribution in [2.75, 3.05) is 32.7 Å². The van der Waals surface area contributed by atoms with Crippen molar-refractivity contribution in [2.24, 2.45) is 39.8 Å². The van der Waals surface area contributed by atoms with Crippen LogP contribution in [0.1, 0.15) is 145 Å². The number of likely N-dealkylation sites (tertiary alicyclic amines) is 2. The zero-order valence-corrected chi connectivity index (χ0v) is 45.9. The van der Waals surface area contributed by atoms with Gasteiger partial charge in [-0.25, -0.2) is 0 Å². The van der Waals surface area contributed by atoms with Crippen LogP contribution in [0.15, 0.2) is 4.99 Å². The van der Waals surface area contributed by atoms with Crippen LogP contribution in [-0.2, 0) is 52.7 Å². The fourth-order valence-corrected chi connectivity index (χ4v) is 8.98. The third kappa shape index (κ3) is 22.7. The van der Waals surface area contributed by atoms with Crippen molar-refractivity contribution >= 4 is 70.9 Å². The van der Waals surface area contributed by atoms with E-state index < -0.39 is 126 Å². The first-order valence-electron chi connectivity index (χ1n) is 26.8. The lowest BCUT2D eigenvalue weighted by Crippen LogP contribution is -2.59. The number of nitrogens with one attached hydrogen (secondary N) is 8. The lowest BCUT2D eigenvalue weighted by Gasteiger charge is -2.30. The van der Waals surface area contributed by atoms with E-state index in [-0.39, 0.29) is 63.1 Å². The molecule has 0 unspecified atom stereocenters. The molecule has 2 aliphatic rings. The minimum atomic E-state index is -1.22. The molecule has 0 aromatic rings. The summed E-state index contributed by atoms with van der Waals surface area (Å²) in [6.07, 6.45) is 5.27. The molecule has 2 heterocycles. The monoisotopic (exact) mass is 1080 g/mol. The van der Waals surface area contributed by atoms with Crippen LogP contribution >= 0.6 is 0 Å². The average molecular weight is 1080 g/mol. The first-order valence-corrected chi connectivity index (χ1v) is 26.8. The Hall–Kier alpha value is -6.60. The van der Waals surface area contributed by atoms with Gasteiger partial charge in [-0.3, -0.25) is 57.7 Å². The summed E-state index contributed by atoms with van der Waals surface area (Å²) in [4.78, 5) is 153. The van der Waals surface area contributed by atoms with Gasteiger partial charge >= 0.3 is 0 Å². The fraction of sp³-hybridized carbons (Fsp3) is 0.760. The molecule has 0 aliphatic carbocycles. The van der Waals surface area contributed by atoms with Crippen LogP contribution in [0.5, 0.6) is 0 Å². The maximum atomic E-state index is 14.0. The number of hydrogen-bond donors (Lipinski definition) is 12. The predicted molar refractivity (Wildman–Crippen MR) is 283 cm³/mol. The summed E-state index contributed by atoms with van der Waals surface area (Å²) in [5.41, 5.74) is 22.1. The number of primary amides is 1. The molecule has 2 aliphatic heterocycles. The Kier molecular flexibility index (Phi) is 28.8. The van der Waals surface area contributed by atoms with E-state index in [4.69, 9.17) is 22.9 Å². The van der Waals surface area contributed by atoms with Gasteiger partial charge in [0.2, 0.25) is 65.0 Å². The number of rotatable bonds is 33. The minimum absolute atomic E-state index is 0.0721. The molecule has 0 spiro atoms. The van der Waals surface area contributed by atoms with E-state index in [1.807, 2.05) is 34.6 Å². The molecule has 26 nitrogen and oxygen atoms in total. The molecule has 430 valence electrons. The van der Waals surface area contributed by atoms with Crippen molar-refractivity contribution in [3.63, 3.8) is 0 Å². The maximum absolute atomic E-state index is 14.0. The Morgan fingerprint density at radius 2 is 1.04 bits per heavy atom. The second-order valence-corrected chi connectivity index (χ2v) is 20.6. The molecular formula is C50H89N15O11. The van der Waals surface area contributed by atoms with E-state index in [1.165, 1.54) is 30.6 Å². The van der Waals surface area contributed by atoms with Crippen LogP contribution in [0.3, 0.4) is 0 Å². The van der Waals surface area contributed by atoms with Crippen molar-refractivity contribution < 1.29 is 52.7 Å². The van der Waals surface area contributed by atoms with Crippen LogP contribution < -0.4 is 65.5 Å². The van der Waals surface area contributed by atoms with Gasteiger partial charge in [-0.1, -0.05) is 47.5 Å².